The highest BCUT2D eigenvalue weighted by molar-refractivity contribution is 6.06. The second-order valence-electron chi connectivity index (χ2n) is 6.41. The van der Waals surface area contributed by atoms with Crippen molar-refractivity contribution < 1.29 is 14.3 Å². The summed E-state index contributed by atoms with van der Waals surface area (Å²) < 4.78 is 5.21. The summed E-state index contributed by atoms with van der Waals surface area (Å²) in [5.74, 6) is -0.158. The Labute approximate surface area is 142 Å². The summed E-state index contributed by atoms with van der Waals surface area (Å²) in [6, 6.07) is 16.1. The van der Waals surface area contributed by atoms with E-state index in [0.29, 0.717) is 11.3 Å². The third-order valence-electron chi connectivity index (χ3n) is 3.20. The number of hydrogen-bond acceptors (Lipinski definition) is 3. The molecular weight excluding hydrogens is 304 g/mol. The molecule has 5 nitrogen and oxygen atoms in total. The Balaban J connectivity index is 2.12. The molecule has 2 aromatic carbocycles. The summed E-state index contributed by atoms with van der Waals surface area (Å²) in [4.78, 5) is 26.0. The van der Waals surface area contributed by atoms with Gasteiger partial charge in [0.25, 0.3) is 5.91 Å². The smallest absolute Gasteiger partial charge is 0.412 e. The van der Waals surface area contributed by atoms with Gasteiger partial charge in [-0.05, 0) is 51.1 Å². The third kappa shape index (κ3) is 4.84. The van der Waals surface area contributed by atoms with Crippen molar-refractivity contribution in [3.05, 3.63) is 60.2 Å². The number of carbonyl (C=O) groups excluding carboxylic acids is 2. The minimum absolute atomic E-state index is 0.158. The summed E-state index contributed by atoms with van der Waals surface area (Å²) in [6.07, 6.45) is -0.552. The molecule has 0 bridgehead atoms. The third-order valence-corrected chi connectivity index (χ3v) is 3.20. The Kier molecular flexibility index (Phi) is 5.24. The van der Waals surface area contributed by atoms with Crippen LogP contribution in [0.25, 0.3) is 0 Å². The Morgan fingerprint density at radius 1 is 1.00 bits per heavy atom. The van der Waals surface area contributed by atoms with E-state index < -0.39 is 11.7 Å². The maximum Gasteiger partial charge on any atom is 0.412 e. The first-order chi connectivity index (χ1) is 11.3. The van der Waals surface area contributed by atoms with Crippen molar-refractivity contribution in [1.29, 1.82) is 0 Å². The number of para-hydroxylation sites is 1. The van der Waals surface area contributed by atoms with E-state index in [1.165, 1.54) is 0 Å². The molecule has 0 atom stereocenters. The molecule has 0 saturated heterocycles. The van der Waals surface area contributed by atoms with Gasteiger partial charge in [0.05, 0.1) is 0 Å². The van der Waals surface area contributed by atoms with Crippen LogP contribution in [0.3, 0.4) is 0 Å². The normalized spacial score (nSPS) is 10.8. The average Bonchev–Trinajstić information content (AvgIpc) is 2.52. The van der Waals surface area contributed by atoms with E-state index in [-0.39, 0.29) is 5.91 Å². The maximum atomic E-state index is 12.6. The topological polar surface area (TPSA) is 58.6 Å². The van der Waals surface area contributed by atoms with Crippen molar-refractivity contribution in [1.82, 2.24) is 0 Å². The van der Waals surface area contributed by atoms with Gasteiger partial charge >= 0.3 is 6.09 Å². The van der Waals surface area contributed by atoms with Gasteiger partial charge in [0.15, 0.2) is 0 Å². The fraction of sp³-hybridized carbons (Fsp3) is 0.263. The van der Waals surface area contributed by atoms with Crippen LogP contribution in [-0.2, 0) is 4.74 Å². The van der Waals surface area contributed by atoms with Gasteiger partial charge in [0, 0.05) is 24.0 Å². The number of anilines is 2. The first-order valence-electron chi connectivity index (χ1n) is 7.69. The summed E-state index contributed by atoms with van der Waals surface area (Å²) >= 11 is 0. The van der Waals surface area contributed by atoms with Crippen LogP contribution in [0.5, 0.6) is 0 Å². The molecule has 2 amide bonds. The summed E-state index contributed by atoms with van der Waals surface area (Å²) in [7, 11) is 1.71. The number of rotatable bonds is 3. The molecule has 5 heteroatoms. The SMILES string of the molecule is CN(C(=O)c1cccc(NC(=O)OC(C)(C)C)c1)c1ccccc1. The van der Waals surface area contributed by atoms with Crippen molar-refractivity contribution in [3.8, 4) is 0 Å². The lowest BCUT2D eigenvalue weighted by molar-refractivity contribution is 0.0635. The van der Waals surface area contributed by atoms with Crippen LogP contribution >= 0.6 is 0 Å². The van der Waals surface area contributed by atoms with E-state index in [1.54, 1.807) is 57.0 Å². The highest BCUT2D eigenvalue weighted by Gasteiger charge is 2.17. The number of ether oxygens (including phenoxy) is 1. The first-order valence-corrected chi connectivity index (χ1v) is 7.69. The van der Waals surface area contributed by atoms with Crippen LogP contribution in [0.4, 0.5) is 16.2 Å². The zero-order valence-electron chi connectivity index (χ0n) is 14.4. The molecule has 0 aliphatic heterocycles. The lowest BCUT2D eigenvalue weighted by atomic mass is 10.1. The van der Waals surface area contributed by atoms with E-state index in [2.05, 4.69) is 5.32 Å². The molecule has 0 fully saturated rings. The van der Waals surface area contributed by atoms with Crippen LogP contribution in [0.15, 0.2) is 54.6 Å². The summed E-state index contributed by atoms with van der Waals surface area (Å²) in [5, 5.41) is 2.64. The fourth-order valence-electron chi connectivity index (χ4n) is 2.11. The van der Waals surface area contributed by atoms with Crippen molar-refractivity contribution >= 4 is 23.4 Å². The van der Waals surface area contributed by atoms with Crippen molar-refractivity contribution in [2.24, 2.45) is 0 Å². The average molecular weight is 326 g/mol. The Morgan fingerprint density at radius 3 is 2.29 bits per heavy atom. The zero-order chi connectivity index (χ0) is 17.7. The molecule has 0 spiro atoms. The quantitative estimate of drug-likeness (QED) is 0.914. The highest BCUT2D eigenvalue weighted by atomic mass is 16.6. The maximum absolute atomic E-state index is 12.6. The largest absolute Gasteiger partial charge is 0.444 e. The van der Waals surface area contributed by atoms with Gasteiger partial charge in [-0.15, -0.1) is 0 Å². The molecule has 0 aromatic heterocycles. The van der Waals surface area contributed by atoms with Gasteiger partial charge in [-0.25, -0.2) is 4.79 Å². The number of nitrogens with one attached hydrogen (secondary N) is 1. The van der Waals surface area contributed by atoms with E-state index >= 15 is 0 Å². The number of nitrogens with zero attached hydrogens (tertiary/aromatic N) is 1. The fourth-order valence-corrected chi connectivity index (χ4v) is 2.11. The standard InChI is InChI=1S/C19H22N2O3/c1-19(2,3)24-18(23)20-15-10-8-9-14(13-15)17(22)21(4)16-11-6-5-7-12-16/h5-13H,1-4H3,(H,20,23). The second-order valence-corrected chi connectivity index (χ2v) is 6.41. The van der Waals surface area contributed by atoms with Crippen LogP contribution in [-0.4, -0.2) is 24.6 Å². The van der Waals surface area contributed by atoms with E-state index in [4.69, 9.17) is 4.74 Å². The molecule has 0 aliphatic carbocycles. The summed E-state index contributed by atoms with van der Waals surface area (Å²) in [6.45, 7) is 5.38. The van der Waals surface area contributed by atoms with Gasteiger partial charge in [0.1, 0.15) is 5.60 Å². The van der Waals surface area contributed by atoms with E-state index in [1.807, 2.05) is 30.3 Å². The molecule has 1 N–H and O–H groups in total. The molecule has 24 heavy (non-hydrogen) atoms. The lowest BCUT2D eigenvalue weighted by Gasteiger charge is -2.20. The van der Waals surface area contributed by atoms with Crippen molar-refractivity contribution in [2.75, 3.05) is 17.3 Å². The number of benzene rings is 2. The molecular formula is C19H22N2O3. The van der Waals surface area contributed by atoms with Gasteiger partial charge in [-0.1, -0.05) is 24.3 Å². The second kappa shape index (κ2) is 7.17. The van der Waals surface area contributed by atoms with Crippen molar-refractivity contribution in [3.63, 3.8) is 0 Å². The van der Waals surface area contributed by atoms with Gasteiger partial charge in [0.2, 0.25) is 0 Å². The van der Waals surface area contributed by atoms with Gasteiger partial charge < -0.3 is 9.64 Å². The van der Waals surface area contributed by atoms with E-state index in [0.717, 1.165) is 5.69 Å². The van der Waals surface area contributed by atoms with E-state index in [9.17, 15) is 9.59 Å². The zero-order valence-corrected chi connectivity index (χ0v) is 14.4. The lowest BCUT2D eigenvalue weighted by Crippen LogP contribution is -2.28. The minimum atomic E-state index is -0.578. The molecule has 0 radical (unpaired) electrons. The summed E-state index contributed by atoms with van der Waals surface area (Å²) in [5.41, 5.74) is 1.21. The van der Waals surface area contributed by atoms with Gasteiger partial charge in [-0.2, -0.15) is 0 Å². The minimum Gasteiger partial charge on any atom is -0.444 e. The molecule has 0 saturated carbocycles. The molecule has 126 valence electrons. The predicted molar refractivity (Wildman–Crippen MR) is 95.5 cm³/mol. The Hall–Kier alpha value is -2.82. The molecule has 0 aliphatic rings. The van der Waals surface area contributed by atoms with Crippen LogP contribution < -0.4 is 10.2 Å². The van der Waals surface area contributed by atoms with Crippen LogP contribution in [0, 0.1) is 0 Å². The van der Waals surface area contributed by atoms with Crippen LogP contribution in [0.2, 0.25) is 0 Å². The molecule has 2 aromatic rings. The Morgan fingerprint density at radius 2 is 1.67 bits per heavy atom. The number of hydrogen-bond donors (Lipinski definition) is 1. The first kappa shape index (κ1) is 17.5. The number of amides is 2. The van der Waals surface area contributed by atoms with Crippen LogP contribution in [0.1, 0.15) is 31.1 Å². The molecule has 2 rings (SSSR count). The van der Waals surface area contributed by atoms with Gasteiger partial charge in [-0.3, -0.25) is 10.1 Å². The molecule has 0 heterocycles. The van der Waals surface area contributed by atoms with Crippen molar-refractivity contribution in [2.45, 2.75) is 26.4 Å². The highest BCUT2D eigenvalue weighted by Crippen LogP contribution is 2.18. The number of carbonyl (C=O) groups is 2. The Bertz CT molecular complexity index is 721. The predicted octanol–water partition coefficient (Wildman–Crippen LogP) is 4.31. The molecule has 0 unspecified atom stereocenters. The monoisotopic (exact) mass is 326 g/mol.